The van der Waals surface area contributed by atoms with Crippen LogP contribution in [0.2, 0.25) is 0 Å². The summed E-state index contributed by atoms with van der Waals surface area (Å²) in [5.41, 5.74) is -0.499. The summed E-state index contributed by atoms with van der Waals surface area (Å²) in [6.07, 6.45) is -1.24. The van der Waals surface area contributed by atoms with Crippen molar-refractivity contribution in [2.75, 3.05) is 26.1 Å². The first-order valence-electron chi connectivity index (χ1n) is 8.96. The molecule has 10 nitrogen and oxygen atoms in total. The first kappa shape index (κ1) is 22.5. The van der Waals surface area contributed by atoms with Crippen LogP contribution in [0, 0.1) is 10.1 Å². The Morgan fingerprint density at radius 3 is 2.37 bits per heavy atom. The summed E-state index contributed by atoms with van der Waals surface area (Å²) in [6.45, 7) is 3.31. The van der Waals surface area contributed by atoms with Crippen LogP contribution in [-0.2, 0) is 9.53 Å². The van der Waals surface area contributed by atoms with Crippen molar-refractivity contribution in [3.63, 3.8) is 0 Å². The van der Waals surface area contributed by atoms with Gasteiger partial charge >= 0.3 is 5.97 Å². The molecule has 0 radical (unpaired) electrons. The minimum atomic E-state index is -1.24. The molecule has 30 heavy (non-hydrogen) atoms. The molecule has 0 heterocycles. The van der Waals surface area contributed by atoms with Crippen molar-refractivity contribution in [1.29, 1.82) is 0 Å². The van der Waals surface area contributed by atoms with Gasteiger partial charge in [0, 0.05) is 6.07 Å². The topological polar surface area (TPSA) is 126 Å². The average Bonchev–Trinajstić information content (AvgIpc) is 2.73. The number of carbonyl (C=O) groups excluding carboxylic acids is 2. The Balaban J connectivity index is 2.24. The number of hydrogen-bond acceptors (Lipinski definition) is 8. The molecular formula is C20H22N2O8. The van der Waals surface area contributed by atoms with Crippen LogP contribution in [0.3, 0.4) is 0 Å². The molecule has 0 aliphatic carbocycles. The minimum absolute atomic E-state index is 0.0991. The third-order valence-corrected chi connectivity index (χ3v) is 4.02. The van der Waals surface area contributed by atoms with E-state index in [1.54, 1.807) is 31.2 Å². The largest absolute Gasteiger partial charge is 0.495 e. The molecule has 2 aromatic carbocycles. The fraction of sp³-hybridized carbons (Fsp3) is 0.300. The van der Waals surface area contributed by atoms with E-state index in [2.05, 4.69) is 5.32 Å². The van der Waals surface area contributed by atoms with Gasteiger partial charge in [0.15, 0.2) is 17.6 Å². The summed E-state index contributed by atoms with van der Waals surface area (Å²) >= 11 is 0. The lowest BCUT2D eigenvalue weighted by Gasteiger charge is -2.16. The zero-order valence-electron chi connectivity index (χ0n) is 17.0. The highest BCUT2D eigenvalue weighted by Gasteiger charge is 2.28. The number of hydrogen-bond donors (Lipinski definition) is 1. The van der Waals surface area contributed by atoms with E-state index >= 15 is 0 Å². The number of anilines is 1. The predicted octanol–water partition coefficient (Wildman–Crippen LogP) is 3.19. The predicted molar refractivity (Wildman–Crippen MR) is 107 cm³/mol. The average molecular weight is 418 g/mol. The van der Waals surface area contributed by atoms with Crippen molar-refractivity contribution in [2.24, 2.45) is 0 Å². The number of rotatable bonds is 9. The van der Waals surface area contributed by atoms with E-state index in [4.69, 9.17) is 18.9 Å². The highest BCUT2D eigenvalue weighted by Crippen LogP contribution is 2.35. The van der Waals surface area contributed by atoms with Crippen molar-refractivity contribution < 1.29 is 33.5 Å². The van der Waals surface area contributed by atoms with E-state index in [9.17, 15) is 19.7 Å². The molecule has 160 valence electrons. The Hall–Kier alpha value is -3.82. The zero-order valence-corrected chi connectivity index (χ0v) is 17.0. The maximum absolute atomic E-state index is 12.6. The summed E-state index contributed by atoms with van der Waals surface area (Å²) in [5.74, 6) is -1.01. The first-order valence-corrected chi connectivity index (χ1v) is 8.96. The second kappa shape index (κ2) is 10.1. The van der Waals surface area contributed by atoms with Gasteiger partial charge in [-0.05, 0) is 26.0 Å². The molecule has 0 fully saturated rings. The monoisotopic (exact) mass is 418 g/mol. The van der Waals surface area contributed by atoms with E-state index in [0.717, 1.165) is 12.1 Å². The minimum Gasteiger partial charge on any atom is -0.495 e. The number of methoxy groups -OCH3 is 2. The third kappa shape index (κ3) is 5.16. The van der Waals surface area contributed by atoms with Gasteiger partial charge in [-0.15, -0.1) is 0 Å². The Morgan fingerprint density at radius 2 is 1.77 bits per heavy atom. The zero-order chi connectivity index (χ0) is 22.3. The summed E-state index contributed by atoms with van der Waals surface area (Å²) in [7, 11) is 2.77. The van der Waals surface area contributed by atoms with Crippen molar-refractivity contribution in [1.82, 2.24) is 0 Å². The van der Waals surface area contributed by atoms with E-state index < -0.39 is 28.6 Å². The molecule has 0 aromatic heterocycles. The van der Waals surface area contributed by atoms with Crippen molar-refractivity contribution >= 4 is 23.3 Å². The van der Waals surface area contributed by atoms with Crippen LogP contribution in [-0.4, -0.2) is 43.7 Å². The van der Waals surface area contributed by atoms with E-state index in [1.807, 2.05) is 0 Å². The van der Waals surface area contributed by atoms with Crippen LogP contribution in [0.5, 0.6) is 17.2 Å². The summed E-state index contributed by atoms with van der Waals surface area (Å²) in [6, 6.07) is 8.94. The lowest BCUT2D eigenvalue weighted by Crippen LogP contribution is -2.30. The van der Waals surface area contributed by atoms with Crippen LogP contribution in [0.15, 0.2) is 36.4 Å². The lowest BCUT2D eigenvalue weighted by atomic mass is 10.1. The van der Waals surface area contributed by atoms with Crippen LogP contribution in [0.25, 0.3) is 0 Å². The molecule has 1 N–H and O–H groups in total. The fourth-order valence-electron chi connectivity index (χ4n) is 2.55. The van der Waals surface area contributed by atoms with Gasteiger partial charge in [0.05, 0.1) is 37.5 Å². The second-order valence-corrected chi connectivity index (χ2v) is 5.95. The maximum Gasteiger partial charge on any atom is 0.346 e. The molecule has 0 spiro atoms. The van der Waals surface area contributed by atoms with Gasteiger partial charge < -0.3 is 24.3 Å². The number of esters is 1. The molecule has 0 unspecified atom stereocenters. The second-order valence-electron chi connectivity index (χ2n) is 5.95. The Labute approximate surface area is 172 Å². The molecule has 0 aliphatic rings. The number of nitrogens with zero attached hydrogens (tertiary/aromatic N) is 1. The van der Waals surface area contributed by atoms with Gasteiger partial charge in [-0.25, -0.2) is 4.79 Å². The third-order valence-electron chi connectivity index (χ3n) is 4.02. The smallest absolute Gasteiger partial charge is 0.346 e. The number of amides is 1. The number of nitro benzene ring substituents is 1. The SMILES string of the molecule is CCOc1cc(C(=O)O[C@@H](C)C(=O)Nc2ccccc2OC)c([N+](=O)[O-])cc1OC. The molecule has 1 atom stereocenters. The molecule has 0 aliphatic heterocycles. The summed E-state index contributed by atoms with van der Waals surface area (Å²) < 4.78 is 20.7. The van der Waals surface area contributed by atoms with Gasteiger partial charge in [-0.3, -0.25) is 14.9 Å². The number of nitrogens with one attached hydrogen (secondary N) is 1. The Morgan fingerprint density at radius 1 is 1.10 bits per heavy atom. The Kier molecular flexibility index (Phi) is 7.56. The lowest BCUT2D eigenvalue weighted by molar-refractivity contribution is -0.385. The molecule has 0 saturated carbocycles. The quantitative estimate of drug-likeness (QED) is 0.374. The standard InChI is InChI=1S/C20H22N2O8/c1-5-29-18-10-13(15(22(25)26)11-17(18)28-4)20(24)30-12(2)19(23)21-14-8-6-7-9-16(14)27-3/h6-12H,5H2,1-4H3,(H,21,23)/t12-/m0/s1. The van der Waals surface area contributed by atoms with Gasteiger partial charge in [0.25, 0.3) is 11.6 Å². The van der Waals surface area contributed by atoms with Gasteiger partial charge in [0.1, 0.15) is 11.3 Å². The van der Waals surface area contributed by atoms with Crippen molar-refractivity contribution in [2.45, 2.75) is 20.0 Å². The maximum atomic E-state index is 12.6. The number of carbonyl (C=O) groups is 2. The number of nitro groups is 1. The molecular weight excluding hydrogens is 396 g/mol. The summed E-state index contributed by atoms with van der Waals surface area (Å²) in [4.78, 5) is 35.7. The number of ether oxygens (including phenoxy) is 4. The molecule has 2 rings (SSSR count). The molecule has 0 bridgehead atoms. The highest BCUT2D eigenvalue weighted by molar-refractivity contribution is 6.00. The fourth-order valence-corrected chi connectivity index (χ4v) is 2.55. The van der Waals surface area contributed by atoms with Crippen LogP contribution in [0.1, 0.15) is 24.2 Å². The van der Waals surface area contributed by atoms with Crippen LogP contribution < -0.4 is 19.5 Å². The first-order chi connectivity index (χ1) is 14.3. The van der Waals surface area contributed by atoms with E-state index in [1.165, 1.54) is 21.1 Å². The van der Waals surface area contributed by atoms with Gasteiger partial charge in [-0.2, -0.15) is 0 Å². The van der Waals surface area contributed by atoms with Gasteiger partial charge in [0.2, 0.25) is 0 Å². The summed E-state index contributed by atoms with van der Waals surface area (Å²) in [5, 5.41) is 14.0. The molecule has 0 saturated heterocycles. The van der Waals surface area contributed by atoms with Gasteiger partial charge in [-0.1, -0.05) is 12.1 Å². The van der Waals surface area contributed by atoms with Crippen molar-refractivity contribution in [3.8, 4) is 17.2 Å². The number of benzene rings is 2. The van der Waals surface area contributed by atoms with E-state index in [0.29, 0.717) is 11.4 Å². The normalized spacial score (nSPS) is 11.2. The Bertz CT molecular complexity index is 944. The molecule has 10 heteroatoms. The van der Waals surface area contributed by atoms with Crippen molar-refractivity contribution in [3.05, 3.63) is 52.1 Å². The van der Waals surface area contributed by atoms with Crippen LogP contribution >= 0.6 is 0 Å². The van der Waals surface area contributed by atoms with E-state index in [-0.39, 0.29) is 23.7 Å². The molecule has 1 amide bonds. The molecule has 2 aromatic rings. The van der Waals surface area contributed by atoms with Crippen LogP contribution in [0.4, 0.5) is 11.4 Å². The number of para-hydroxylation sites is 2. The highest BCUT2D eigenvalue weighted by atomic mass is 16.6.